The Hall–Kier alpha value is -1.38. The molecule has 1 aromatic rings. The highest BCUT2D eigenvalue weighted by Gasteiger charge is 2.43. The van der Waals surface area contributed by atoms with E-state index in [1.807, 2.05) is 30.3 Å². The second kappa shape index (κ2) is 4.71. The number of fused-ring (bicyclic) bond motifs is 1. The maximum atomic E-state index is 12.1. The summed E-state index contributed by atoms with van der Waals surface area (Å²) < 4.78 is 10.9. The van der Waals surface area contributed by atoms with E-state index in [9.17, 15) is 4.79 Å². The molecule has 2 aliphatic rings. The molecule has 5 heteroatoms. The lowest BCUT2D eigenvalue weighted by molar-refractivity contribution is -0.137. The average Bonchev–Trinajstić information content (AvgIpc) is 2.86. The van der Waals surface area contributed by atoms with E-state index in [-0.39, 0.29) is 18.2 Å². The Morgan fingerprint density at radius 3 is 2.83 bits per heavy atom. The fourth-order valence-electron chi connectivity index (χ4n) is 2.46. The average molecular weight is 263 g/mol. The van der Waals surface area contributed by atoms with Gasteiger partial charge in [-0.05, 0) is 11.6 Å². The lowest BCUT2D eigenvalue weighted by Crippen LogP contribution is -2.41. The van der Waals surface area contributed by atoms with Gasteiger partial charge in [-0.3, -0.25) is 4.79 Å². The number of amides is 1. The summed E-state index contributed by atoms with van der Waals surface area (Å²) in [5, 5.41) is 0. The van der Waals surface area contributed by atoms with E-state index >= 15 is 0 Å². The predicted molar refractivity (Wildman–Crippen MR) is 69.3 cm³/mol. The van der Waals surface area contributed by atoms with Gasteiger partial charge in [0.25, 0.3) is 0 Å². The van der Waals surface area contributed by atoms with Crippen LogP contribution in [0.4, 0.5) is 0 Å². The molecule has 0 saturated carbocycles. The first-order valence-electron chi connectivity index (χ1n) is 5.86. The Kier molecular flexibility index (Phi) is 3.06. The van der Waals surface area contributed by atoms with Gasteiger partial charge in [-0.1, -0.05) is 30.3 Å². The fourth-order valence-corrected chi connectivity index (χ4v) is 2.68. The standard InChI is InChI=1S/C13H14NO3P/c15-12-7-6-11(17-18)13-14(12)10(8-16-13)9-4-2-1-3-5-9/h1-6,10,13H,7-8,18H2. The van der Waals surface area contributed by atoms with Gasteiger partial charge in [0.1, 0.15) is 5.76 Å². The molecule has 2 aliphatic heterocycles. The molecule has 0 bridgehead atoms. The molecule has 0 radical (unpaired) electrons. The van der Waals surface area contributed by atoms with E-state index < -0.39 is 0 Å². The molecule has 0 N–H and O–H groups in total. The van der Waals surface area contributed by atoms with Crippen LogP contribution in [0.25, 0.3) is 0 Å². The van der Waals surface area contributed by atoms with Crippen molar-refractivity contribution in [3.05, 3.63) is 47.7 Å². The first-order chi connectivity index (χ1) is 8.81. The van der Waals surface area contributed by atoms with Crippen molar-refractivity contribution in [2.45, 2.75) is 18.7 Å². The minimum Gasteiger partial charge on any atom is -0.480 e. The monoisotopic (exact) mass is 263 g/mol. The summed E-state index contributed by atoms with van der Waals surface area (Å²) in [4.78, 5) is 13.8. The number of rotatable bonds is 2. The quantitative estimate of drug-likeness (QED) is 0.766. The smallest absolute Gasteiger partial charge is 0.229 e. The first-order valence-corrected chi connectivity index (χ1v) is 6.33. The van der Waals surface area contributed by atoms with Gasteiger partial charge < -0.3 is 14.2 Å². The second-order valence-electron chi connectivity index (χ2n) is 4.34. The Balaban J connectivity index is 1.93. The molecule has 0 aliphatic carbocycles. The zero-order valence-corrected chi connectivity index (χ0v) is 10.9. The molecule has 1 amide bonds. The van der Waals surface area contributed by atoms with Crippen molar-refractivity contribution in [3.8, 4) is 0 Å². The molecule has 1 fully saturated rings. The van der Waals surface area contributed by atoms with Gasteiger partial charge >= 0.3 is 0 Å². The summed E-state index contributed by atoms with van der Waals surface area (Å²) >= 11 is 0. The van der Waals surface area contributed by atoms with Crippen LogP contribution in [0.2, 0.25) is 0 Å². The lowest BCUT2D eigenvalue weighted by Gasteiger charge is -2.31. The molecule has 0 aromatic heterocycles. The fraction of sp³-hybridized carbons (Fsp3) is 0.308. The van der Waals surface area contributed by atoms with Gasteiger partial charge in [0, 0.05) is 6.42 Å². The zero-order chi connectivity index (χ0) is 12.5. The molecule has 0 spiro atoms. The van der Waals surface area contributed by atoms with Crippen LogP contribution in [0.15, 0.2) is 42.2 Å². The Morgan fingerprint density at radius 1 is 1.33 bits per heavy atom. The highest BCUT2D eigenvalue weighted by Crippen LogP contribution is 2.37. The molecule has 1 aromatic carbocycles. The number of ether oxygens (including phenoxy) is 1. The van der Waals surface area contributed by atoms with E-state index in [0.29, 0.717) is 18.8 Å². The summed E-state index contributed by atoms with van der Waals surface area (Å²) in [6, 6.07) is 9.92. The van der Waals surface area contributed by atoms with E-state index in [0.717, 1.165) is 5.56 Å². The third-order valence-corrected chi connectivity index (χ3v) is 3.60. The maximum absolute atomic E-state index is 12.1. The maximum Gasteiger partial charge on any atom is 0.229 e. The van der Waals surface area contributed by atoms with Crippen molar-refractivity contribution in [2.24, 2.45) is 0 Å². The van der Waals surface area contributed by atoms with Crippen molar-refractivity contribution >= 4 is 15.4 Å². The van der Waals surface area contributed by atoms with Gasteiger partial charge in [-0.15, -0.1) is 0 Å². The molecule has 1 saturated heterocycles. The highest BCUT2D eigenvalue weighted by atomic mass is 31.0. The van der Waals surface area contributed by atoms with Gasteiger partial charge in [-0.2, -0.15) is 0 Å². The Bertz CT molecular complexity index is 488. The highest BCUT2D eigenvalue weighted by molar-refractivity contribution is 7.10. The van der Waals surface area contributed by atoms with Crippen molar-refractivity contribution in [1.82, 2.24) is 4.90 Å². The predicted octanol–water partition coefficient (Wildman–Crippen LogP) is 2.01. The van der Waals surface area contributed by atoms with Crippen LogP contribution in [0.5, 0.6) is 0 Å². The molecule has 94 valence electrons. The topological polar surface area (TPSA) is 38.8 Å². The van der Waals surface area contributed by atoms with Crippen LogP contribution in [-0.2, 0) is 14.1 Å². The van der Waals surface area contributed by atoms with Crippen LogP contribution in [0, 0.1) is 0 Å². The van der Waals surface area contributed by atoms with Crippen LogP contribution in [0.1, 0.15) is 18.0 Å². The van der Waals surface area contributed by atoms with Gasteiger partial charge in [0.15, 0.2) is 6.23 Å². The van der Waals surface area contributed by atoms with Crippen molar-refractivity contribution in [3.63, 3.8) is 0 Å². The van der Waals surface area contributed by atoms with Crippen molar-refractivity contribution in [1.29, 1.82) is 0 Å². The summed E-state index contributed by atoms with van der Waals surface area (Å²) in [5.41, 5.74) is 1.10. The molecule has 4 nitrogen and oxygen atoms in total. The molecule has 2 heterocycles. The van der Waals surface area contributed by atoms with Gasteiger partial charge in [-0.25, -0.2) is 0 Å². The number of carbonyl (C=O) groups is 1. The summed E-state index contributed by atoms with van der Waals surface area (Å²) in [5.74, 6) is 0.773. The van der Waals surface area contributed by atoms with Crippen molar-refractivity contribution < 1.29 is 14.1 Å². The molecular weight excluding hydrogens is 249 g/mol. The Labute approximate surface area is 108 Å². The third kappa shape index (κ3) is 1.82. The molecule has 3 rings (SSSR count). The summed E-state index contributed by atoms with van der Waals surface area (Å²) in [6.45, 7) is 0.506. The zero-order valence-electron chi connectivity index (χ0n) is 9.78. The number of hydrogen-bond acceptors (Lipinski definition) is 3. The molecule has 3 atom stereocenters. The van der Waals surface area contributed by atoms with Crippen LogP contribution in [-0.4, -0.2) is 23.6 Å². The largest absolute Gasteiger partial charge is 0.480 e. The van der Waals surface area contributed by atoms with Crippen LogP contribution >= 0.6 is 9.47 Å². The third-order valence-electron chi connectivity index (χ3n) is 3.33. The lowest BCUT2D eigenvalue weighted by atomic mass is 10.0. The summed E-state index contributed by atoms with van der Waals surface area (Å²) in [7, 11) is 2.21. The Morgan fingerprint density at radius 2 is 2.11 bits per heavy atom. The molecule has 18 heavy (non-hydrogen) atoms. The number of nitrogens with zero attached hydrogens (tertiary/aromatic N) is 1. The van der Waals surface area contributed by atoms with E-state index in [4.69, 9.17) is 9.26 Å². The van der Waals surface area contributed by atoms with E-state index in [1.165, 1.54) is 0 Å². The van der Waals surface area contributed by atoms with Gasteiger partial charge in [0.2, 0.25) is 5.91 Å². The van der Waals surface area contributed by atoms with E-state index in [1.54, 1.807) is 11.0 Å². The second-order valence-corrected chi connectivity index (χ2v) is 4.58. The number of carbonyl (C=O) groups excluding carboxylic acids is 1. The van der Waals surface area contributed by atoms with Crippen LogP contribution in [0.3, 0.4) is 0 Å². The minimum atomic E-state index is -0.381. The number of hydrogen-bond donors (Lipinski definition) is 0. The van der Waals surface area contributed by atoms with E-state index in [2.05, 4.69) is 9.47 Å². The van der Waals surface area contributed by atoms with Crippen molar-refractivity contribution in [2.75, 3.05) is 6.61 Å². The normalized spacial score (nSPS) is 26.8. The molecular formula is C13H14NO3P. The SMILES string of the molecule is O=C1CC=C(OP)C2OCC(c3ccccc3)N12. The number of benzene rings is 1. The first kappa shape index (κ1) is 11.7. The molecule has 3 unspecified atom stereocenters. The minimum absolute atomic E-state index is 0.0208. The summed E-state index contributed by atoms with van der Waals surface area (Å²) in [6.07, 6.45) is 1.77. The van der Waals surface area contributed by atoms with Gasteiger partial charge in [0.05, 0.1) is 22.1 Å². The van der Waals surface area contributed by atoms with Crippen LogP contribution < -0.4 is 0 Å².